The van der Waals surface area contributed by atoms with E-state index in [-0.39, 0.29) is 0 Å². The van der Waals surface area contributed by atoms with Gasteiger partial charge >= 0.3 is 0 Å². The minimum absolute atomic E-state index is 0.472. The first-order valence-corrected chi connectivity index (χ1v) is 6.17. The first kappa shape index (κ1) is 13.9. The molecule has 0 unspecified atom stereocenters. The van der Waals surface area contributed by atoms with E-state index in [1.165, 1.54) is 7.11 Å². The lowest BCUT2D eigenvalue weighted by molar-refractivity contribution is 0.199. The Labute approximate surface area is 117 Å². The number of hydrogen-bond donors (Lipinski definition) is 1. The molecule has 20 heavy (non-hydrogen) atoms. The lowest BCUT2D eigenvalue weighted by Crippen LogP contribution is -1.92. The van der Waals surface area contributed by atoms with E-state index in [0.717, 1.165) is 5.56 Å². The molecule has 4 heteroatoms. The van der Waals surface area contributed by atoms with Crippen LogP contribution in [0.4, 0.5) is 0 Å². The van der Waals surface area contributed by atoms with Crippen molar-refractivity contribution in [3.63, 3.8) is 0 Å². The Bertz CT molecular complexity index is 627. The highest BCUT2D eigenvalue weighted by Gasteiger charge is 2.05. The highest BCUT2D eigenvalue weighted by atomic mass is 16.5. The van der Waals surface area contributed by atoms with E-state index in [2.05, 4.69) is 6.07 Å². The fourth-order valence-corrected chi connectivity index (χ4v) is 1.76. The van der Waals surface area contributed by atoms with Gasteiger partial charge in [0.2, 0.25) is 0 Å². The molecule has 2 aromatic carbocycles. The third-order valence-corrected chi connectivity index (χ3v) is 2.84. The molecule has 0 aliphatic heterocycles. The summed E-state index contributed by atoms with van der Waals surface area (Å²) in [5, 5.41) is 18.4. The van der Waals surface area contributed by atoms with Gasteiger partial charge in [0.25, 0.3) is 0 Å². The molecule has 0 heterocycles. The number of benzene rings is 2. The van der Waals surface area contributed by atoms with E-state index in [0.29, 0.717) is 22.8 Å². The van der Waals surface area contributed by atoms with Crippen LogP contribution in [-0.2, 0) is 0 Å². The van der Waals surface area contributed by atoms with Crippen molar-refractivity contribution in [2.24, 2.45) is 0 Å². The normalized spacial score (nSPS) is 11.5. The van der Waals surface area contributed by atoms with Crippen molar-refractivity contribution in [1.82, 2.24) is 0 Å². The summed E-state index contributed by atoms with van der Waals surface area (Å²) in [6.45, 7) is 1.71. The topological polar surface area (TPSA) is 62.5 Å². The van der Waals surface area contributed by atoms with Crippen molar-refractivity contribution >= 4 is 0 Å². The highest BCUT2D eigenvalue weighted by Crippen LogP contribution is 2.28. The second-order valence-corrected chi connectivity index (χ2v) is 4.36. The number of aliphatic hydroxyl groups excluding tert-OH is 1. The van der Waals surface area contributed by atoms with Gasteiger partial charge in [0.15, 0.2) is 0 Å². The second-order valence-electron chi connectivity index (χ2n) is 4.36. The van der Waals surface area contributed by atoms with E-state index in [9.17, 15) is 5.11 Å². The van der Waals surface area contributed by atoms with Gasteiger partial charge in [0, 0.05) is 6.07 Å². The molecule has 0 aliphatic carbocycles. The van der Waals surface area contributed by atoms with E-state index < -0.39 is 6.10 Å². The molecule has 2 aromatic rings. The largest absolute Gasteiger partial charge is 0.497 e. The van der Waals surface area contributed by atoms with Crippen molar-refractivity contribution in [3.05, 3.63) is 53.6 Å². The highest BCUT2D eigenvalue weighted by molar-refractivity contribution is 5.45. The number of ether oxygens (including phenoxy) is 2. The molecular weight excluding hydrogens is 254 g/mol. The van der Waals surface area contributed by atoms with Gasteiger partial charge in [-0.3, -0.25) is 0 Å². The summed E-state index contributed by atoms with van der Waals surface area (Å²) >= 11 is 0. The summed E-state index contributed by atoms with van der Waals surface area (Å²) in [6, 6.07) is 14.2. The predicted octanol–water partition coefficient (Wildman–Crippen LogP) is 3.41. The lowest BCUT2D eigenvalue weighted by Gasteiger charge is -2.09. The van der Waals surface area contributed by atoms with E-state index in [1.54, 1.807) is 49.4 Å². The van der Waals surface area contributed by atoms with Gasteiger partial charge in [0.05, 0.1) is 24.8 Å². The molecule has 0 aromatic heterocycles. The first-order valence-electron chi connectivity index (χ1n) is 6.17. The van der Waals surface area contributed by atoms with Gasteiger partial charge < -0.3 is 14.6 Å². The van der Waals surface area contributed by atoms with Crippen LogP contribution in [0.3, 0.4) is 0 Å². The van der Waals surface area contributed by atoms with Gasteiger partial charge in [-0.1, -0.05) is 12.1 Å². The molecule has 0 spiro atoms. The molecule has 1 N–H and O–H groups in total. The van der Waals surface area contributed by atoms with Crippen molar-refractivity contribution < 1.29 is 14.6 Å². The summed E-state index contributed by atoms with van der Waals surface area (Å²) in [5.74, 6) is 1.73. The molecule has 0 radical (unpaired) electrons. The Kier molecular flexibility index (Phi) is 4.24. The summed E-state index contributed by atoms with van der Waals surface area (Å²) in [7, 11) is 1.54. The van der Waals surface area contributed by atoms with Crippen LogP contribution in [0.25, 0.3) is 0 Å². The van der Waals surface area contributed by atoms with E-state index in [1.807, 2.05) is 0 Å². The Morgan fingerprint density at radius 3 is 2.25 bits per heavy atom. The average Bonchev–Trinajstić information content (AvgIpc) is 2.47. The third-order valence-electron chi connectivity index (χ3n) is 2.84. The van der Waals surface area contributed by atoms with Crippen LogP contribution >= 0.6 is 0 Å². The quantitative estimate of drug-likeness (QED) is 0.923. The molecule has 0 amide bonds. The predicted molar refractivity (Wildman–Crippen MR) is 74.9 cm³/mol. The second kappa shape index (κ2) is 6.09. The number of methoxy groups -OCH3 is 1. The molecule has 0 saturated carbocycles. The van der Waals surface area contributed by atoms with Crippen LogP contribution in [0.2, 0.25) is 0 Å². The van der Waals surface area contributed by atoms with Crippen LogP contribution in [0, 0.1) is 11.3 Å². The standard InChI is InChI=1S/C16H15NO3/c1-11(18)13-3-5-14(6-4-13)20-16-8-12(10-17)7-15(9-16)19-2/h3-9,11,18H,1-2H3/t11-/m1/s1. The molecule has 4 nitrogen and oxygen atoms in total. The van der Waals surface area contributed by atoms with Crippen molar-refractivity contribution in [3.8, 4) is 23.3 Å². The average molecular weight is 269 g/mol. The molecule has 0 aliphatic rings. The maximum Gasteiger partial charge on any atom is 0.132 e. The SMILES string of the molecule is COc1cc(C#N)cc(Oc2ccc([C@@H](C)O)cc2)c1. The summed E-state index contributed by atoms with van der Waals surface area (Å²) in [5.41, 5.74) is 1.29. The number of nitrogens with zero attached hydrogens (tertiary/aromatic N) is 1. The maximum absolute atomic E-state index is 9.45. The monoisotopic (exact) mass is 269 g/mol. The van der Waals surface area contributed by atoms with Crippen molar-refractivity contribution in [2.75, 3.05) is 7.11 Å². The van der Waals surface area contributed by atoms with Crippen LogP contribution in [0.5, 0.6) is 17.2 Å². The fourth-order valence-electron chi connectivity index (χ4n) is 1.76. The number of aliphatic hydroxyl groups is 1. The Hall–Kier alpha value is -2.51. The molecule has 2 rings (SSSR count). The van der Waals surface area contributed by atoms with Crippen molar-refractivity contribution in [2.45, 2.75) is 13.0 Å². The maximum atomic E-state index is 9.45. The van der Waals surface area contributed by atoms with E-state index >= 15 is 0 Å². The zero-order valence-electron chi connectivity index (χ0n) is 11.3. The molecule has 1 atom stereocenters. The van der Waals surface area contributed by atoms with Gasteiger partial charge in [-0.25, -0.2) is 0 Å². The summed E-state index contributed by atoms with van der Waals surface area (Å²) in [6.07, 6.45) is -0.508. The van der Waals surface area contributed by atoms with E-state index in [4.69, 9.17) is 14.7 Å². The number of hydrogen-bond acceptors (Lipinski definition) is 4. The minimum atomic E-state index is -0.508. The molecular formula is C16H15NO3. The summed E-state index contributed by atoms with van der Waals surface area (Å²) in [4.78, 5) is 0. The third kappa shape index (κ3) is 3.28. The lowest BCUT2D eigenvalue weighted by atomic mass is 10.1. The number of rotatable bonds is 4. The Morgan fingerprint density at radius 2 is 1.70 bits per heavy atom. The fraction of sp³-hybridized carbons (Fsp3) is 0.188. The number of nitriles is 1. The Morgan fingerprint density at radius 1 is 1.05 bits per heavy atom. The van der Waals surface area contributed by atoms with Crippen LogP contribution < -0.4 is 9.47 Å². The molecule has 102 valence electrons. The smallest absolute Gasteiger partial charge is 0.132 e. The molecule has 0 fully saturated rings. The molecule has 0 bridgehead atoms. The molecule has 0 saturated heterocycles. The van der Waals surface area contributed by atoms with Gasteiger partial charge in [-0.2, -0.15) is 5.26 Å². The summed E-state index contributed by atoms with van der Waals surface area (Å²) < 4.78 is 10.8. The van der Waals surface area contributed by atoms with Gasteiger partial charge in [0.1, 0.15) is 17.2 Å². The van der Waals surface area contributed by atoms with Gasteiger partial charge in [-0.05, 0) is 36.8 Å². The Balaban J connectivity index is 2.23. The van der Waals surface area contributed by atoms with Crippen molar-refractivity contribution in [1.29, 1.82) is 5.26 Å². The van der Waals surface area contributed by atoms with Crippen LogP contribution in [-0.4, -0.2) is 12.2 Å². The minimum Gasteiger partial charge on any atom is -0.497 e. The van der Waals surface area contributed by atoms with Crippen LogP contribution in [0.15, 0.2) is 42.5 Å². The zero-order chi connectivity index (χ0) is 14.5. The zero-order valence-corrected chi connectivity index (χ0v) is 11.3. The van der Waals surface area contributed by atoms with Gasteiger partial charge in [-0.15, -0.1) is 0 Å². The van der Waals surface area contributed by atoms with Crippen LogP contribution in [0.1, 0.15) is 24.2 Å². The first-order chi connectivity index (χ1) is 9.62.